The second kappa shape index (κ2) is 8.53. The third-order valence-electron chi connectivity index (χ3n) is 2.95. The first-order chi connectivity index (χ1) is 9.09. The van der Waals surface area contributed by atoms with E-state index in [0.717, 1.165) is 5.92 Å². The van der Waals surface area contributed by atoms with Crippen molar-refractivity contribution in [3.8, 4) is 0 Å². The van der Waals surface area contributed by atoms with Gasteiger partial charge in [0, 0.05) is 0 Å². The van der Waals surface area contributed by atoms with Crippen LogP contribution in [0, 0.1) is 5.92 Å². The summed E-state index contributed by atoms with van der Waals surface area (Å²) in [6, 6.07) is 21.1. The van der Waals surface area contributed by atoms with E-state index >= 15 is 0 Å². The van der Waals surface area contributed by atoms with E-state index in [-0.39, 0.29) is 0 Å². The van der Waals surface area contributed by atoms with Crippen LogP contribution in [0.4, 0.5) is 0 Å². The molecule has 0 unspecified atom stereocenters. The van der Waals surface area contributed by atoms with Crippen molar-refractivity contribution < 1.29 is 0 Å². The van der Waals surface area contributed by atoms with Gasteiger partial charge in [0.25, 0.3) is 0 Å². The number of benzene rings is 2. The van der Waals surface area contributed by atoms with Crippen molar-refractivity contribution in [2.45, 2.75) is 40.0 Å². The van der Waals surface area contributed by atoms with Gasteiger partial charge in [-0.3, -0.25) is 0 Å². The minimum Gasteiger partial charge on any atom is -0.0625 e. The number of rotatable bonds is 3. The van der Waals surface area contributed by atoms with Gasteiger partial charge in [-0.1, -0.05) is 88.4 Å². The first kappa shape index (κ1) is 15.5. The highest BCUT2D eigenvalue weighted by molar-refractivity contribution is 5.17. The lowest BCUT2D eigenvalue weighted by Crippen LogP contribution is -1.92. The first-order valence-electron chi connectivity index (χ1n) is 7.18. The highest BCUT2D eigenvalue weighted by atomic mass is 14.0. The summed E-state index contributed by atoms with van der Waals surface area (Å²) in [5.74, 6) is 1.42. The molecule has 0 aliphatic rings. The summed E-state index contributed by atoms with van der Waals surface area (Å²) < 4.78 is 0. The Hall–Kier alpha value is -1.56. The molecule has 0 fully saturated rings. The molecular weight excluding hydrogens is 228 g/mol. The Morgan fingerprint density at radius 1 is 0.684 bits per heavy atom. The molecule has 0 aromatic heterocycles. The Kier molecular flexibility index (Phi) is 6.95. The van der Waals surface area contributed by atoms with E-state index in [1.54, 1.807) is 0 Å². The van der Waals surface area contributed by atoms with Gasteiger partial charge in [-0.05, 0) is 29.4 Å². The normalized spacial score (nSPS) is 10.2. The molecule has 0 atom stereocenters. The zero-order chi connectivity index (χ0) is 14.1. The van der Waals surface area contributed by atoms with E-state index in [2.05, 4.69) is 82.3 Å². The molecule has 0 spiro atoms. The van der Waals surface area contributed by atoms with E-state index < -0.39 is 0 Å². The fourth-order valence-corrected chi connectivity index (χ4v) is 1.92. The molecule has 0 amide bonds. The molecule has 102 valence electrons. The molecule has 0 radical (unpaired) electrons. The maximum atomic E-state index is 2.24. The molecule has 19 heavy (non-hydrogen) atoms. The van der Waals surface area contributed by atoms with Crippen molar-refractivity contribution >= 4 is 0 Å². The van der Waals surface area contributed by atoms with Crippen molar-refractivity contribution in [2.75, 3.05) is 0 Å². The van der Waals surface area contributed by atoms with Crippen LogP contribution in [0.25, 0.3) is 0 Å². The van der Waals surface area contributed by atoms with Crippen LogP contribution in [0.15, 0.2) is 60.7 Å². The molecule has 0 N–H and O–H groups in total. The number of hydrogen-bond acceptors (Lipinski definition) is 0. The lowest BCUT2D eigenvalue weighted by atomic mass is 10.0. The predicted octanol–water partition coefficient (Wildman–Crippen LogP) is 5.70. The molecule has 2 rings (SSSR count). The Morgan fingerprint density at radius 2 is 1.16 bits per heavy atom. The Bertz CT molecular complexity index is 426. The van der Waals surface area contributed by atoms with Crippen LogP contribution in [-0.2, 0) is 6.42 Å². The molecular formula is C19H26. The van der Waals surface area contributed by atoms with Gasteiger partial charge in [0.05, 0.1) is 0 Å². The van der Waals surface area contributed by atoms with Crippen LogP contribution in [0.1, 0.15) is 44.7 Å². The van der Waals surface area contributed by atoms with Gasteiger partial charge in [-0.2, -0.15) is 0 Å². The minimum absolute atomic E-state index is 0.659. The highest BCUT2D eigenvalue weighted by Gasteiger charge is 1.94. The monoisotopic (exact) mass is 254 g/mol. The molecule has 0 heteroatoms. The van der Waals surface area contributed by atoms with Gasteiger partial charge >= 0.3 is 0 Å². The molecule has 2 aromatic carbocycles. The predicted molar refractivity (Wildman–Crippen MR) is 85.5 cm³/mol. The Morgan fingerprint density at radius 3 is 1.53 bits per heavy atom. The van der Waals surface area contributed by atoms with Crippen LogP contribution >= 0.6 is 0 Å². The van der Waals surface area contributed by atoms with Gasteiger partial charge in [-0.25, -0.2) is 0 Å². The van der Waals surface area contributed by atoms with Crippen LogP contribution in [-0.4, -0.2) is 0 Å². The van der Waals surface area contributed by atoms with Crippen LogP contribution < -0.4 is 0 Å². The average molecular weight is 254 g/mol. The summed E-state index contributed by atoms with van der Waals surface area (Å²) in [7, 11) is 0. The van der Waals surface area contributed by atoms with Crippen molar-refractivity contribution in [1.29, 1.82) is 0 Å². The van der Waals surface area contributed by atoms with Crippen molar-refractivity contribution in [2.24, 2.45) is 5.92 Å². The Balaban J connectivity index is 0.000000191. The molecule has 0 saturated heterocycles. The molecule has 0 saturated carbocycles. The summed E-state index contributed by atoms with van der Waals surface area (Å²) in [6.07, 6.45) is 1.20. The molecule has 0 aliphatic carbocycles. The van der Waals surface area contributed by atoms with E-state index in [1.807, 2.05) is 6.07 Å². The molecule has 0 bridgehead atoms. The number of hydrogen-bond donors (Lipinski definition) is 0. The van der Waals surface area contributed by atoms with Gasteiger partial charge in [-0.15, -0.1) is 0 Å². The zero-order valence-corrected chi connectivity index (χ0v) is 12.6. The lowest BCUT2D eigenvalue weighted by molar-refractivity contribution is 0.647. The van der Waals surface area contributed by atoms with E-state index in [1.165, 1.54) is 17.5 Å². The molecule has 0 aliphatic heterocycles. The fraction of sp³-hybridized carbons (Fsp3) is 0.368. The van der Waals surface area contributed by atoms with Gasteiger partial charge in [0.15, 0.2) is 0 Å². The van der Waals surface area contributed by atoms with Gasteiger partial charge in [0.1, 0.15) is 0 Å². The largest absolute Gasteiger partial charge is 0.0625 e. The third kappa shape index (κ3) is 6.81. The second-order valence-electron chi connectivity index (χ2n) is 5.65. The smallest absolute Gasteiger partial charge is 0.0219 e. The average Bonchev–Trinajstić information content (AvgIpc) is 2.41. The summed E-state index contributed by atoms with van der Waals surface area (Å²) in [6.45, 7) is 8.89. The van der Waals surface area contributed by atoms with Crippen molar-refractivity contribution in [3.05, 3.63) is 71.8 Å². The quantitative estimate of drug-likeness (QED) is 0.659. The van der Waals surface area contributed by atoms with E-state index in [0.29, 0.717) is 5.92 Å². The van der Waals surface area contributed by atoms with Crippen LogP contribution in [0.2, 0.25) is 0 Å². The van der Waals surface area contributed by atoms with Crippen molar-refractivity contribution in [3.63, 3.8) is 0 Å². The van der Waals surface area contributed by atoms with Gasteiger partial charge in [0.2, 0.25) is 0 Å². The summed E-state index contributed by atoms with van der Waals surface area (Å²) in [4.78, 5) is 0. The lowest BCUT2D eigenvalue weighted by Gasteiger charge is -2.02. The summed E-state index contributed by atoms with van der Waals surface area (Å²) in [5, 5.41) is 0. The highest BCUT2D eigenvalue weighted by Crippen LogP contribution is 2.11. The standard InChI is InChI=1S/C10H14.C9H12/c1-9(2)8-10-6-4-3-5-7-10;1-8(2)9-6-4-3-5-7-9/h3-7,9H,8H2,1-2H3;3-8H,1-2H3. The van der Waals surface area contributed by atoms with Crippen LogP contribution in [0.3, 0.4) is 0 Å². The van der Waals surface area contributed by atoms with Crippen LogP contribution in [0.5, 0.6) is 0 Å². The topological polar surface area (TPSA) is 0 Å². The first-order valence-corrected chi connectivity index (χ1v) is 7.18. The fourth-order valence-electron chi connectivity index (χ4n) is 1.92. The third-order valence-corrected chi connectivity index (χ3v) is 2.95. The Labute approximate surface area is 118 Å². The second-order valence-corrected chi connectivity index (χ2v) is 5.65. The summed E-state index contributed by atoms with van der Waals surface area (Å²) in [5.41, 5.74) is 2.86. The summed E-state index contributed by atoms with van der Waals surface area (Å²) >= 11 is 0. The molecule has 0 nitrogen and oxygen atoms in total. The minimum atomic E-state index is 0.659. The maximum absolute atomic E-state index is 2.24. The maximum Gasteiger partial charge on any atom is -0.0219 e. The SMILES string of the molecule is CC(C)Cc1ccccc1.CC(C)c1ccccc1. The van der Waals surface area contributed by atoms with E-state index in [4.69, 9.17) is 0 Å². The molecule has 0 heterocycles. The molecule has 2 aromatic rings. The van der Waals surface area contributed by atoms with Gasteiger partial charge < -0.3 is 0 Å². The van der Waals surface area contributed by atoms with E-state index in [9.17, 15) is 0 Å². The van der Waals surface area contributed by atoms with Crippen molar-refractivity contribution in [1.82, 2.24) is 0 Å². The zero-order valence-electron chi connectivity index (χ0n) is 12.6.